The first kappa shape index (κ1) is 9.25. The Bertz CT molecular complexity index is 333. The zero-order valence-corrected chi connectivity index (χ0v) is 7.10. The highest BCUT2D eigenvalue weighted by Crippen LogP contribution is 2.10. The van der Waals surface area contributed by atoms with Crippen LogP contribution in [-0.2, 0) is 0 Å². The maximum Gasteiger partial charge on any atom is 0.190 e. The van der Waals surface area contributed by atoms with E-state index in [1.54, 1.807) is 6.07 Å². The molecule has 0 amide bonds. The zero-order valence-electron chi connectivity index (χ0n) is 7.10. The number of carbonyl (C=O) groups excluding carboxylic acids is 1. The fourth-order valence-corrected chi connectivity index (χ4v) is 0.829. The summed E-state index contributed by atoms with van der Waals surface area (Å²) in [7, 11) is 1.49. The number of methoxy groups -OCH3 is 1. The molecule has 0 radical (unpaired) electrons. The smallest absolute Gasteiger partial charge is 0.190 e. The first-order valence-corrected chi connectivity index (χ1v) is 3.62. The minimum atomic E-state index is -0.311. The average molecular weight is 179 g/mol. The van der Waals surface area contributed by atoms with E-state index in [1.807, 2.05) is 0 Å². The van der Waals surface area contributed by atoms with Gasteiger partial charge >= 0.3 is 0 Å². The Balaban J connectivity index is 2.94. The SMILES string of the molecule is COc1cncc(C(=O)C=CO)c1. The number of aliphatic hydroxyl groups is 1. The number of aromatic nitrogens is 1. The normalized spacial score (nSPS) is 10.2. The molecule has 1 N–H and O–H groups in total. The summed E-state index contributed by atoms with van der Waals surface area (Å²) < 4.78 is 4.88. The summed E-state index contributed by atoms with van der Waals surface area (Å²) in [4.78, 5) is 15.0. The van der Waals surface area contributed by atoms with Crippen LogP contribution in [0, 0.1) is 0 Å². The molecule has 0 saturated carbocycles. The summed E-state index contributed by atoms with van der Waals surface area (Å²) in [5, 5.41) is 8.37. The molecule has 0 unspecified atom stereocenters. The van der Waals surface area contributed by atoms with Crippen LogP contribution in [-0.4, -0.2) is 23.0 Å². The fraction of sp³-hybridized carbons (Fsp3) is 0.111. The van der Waals surface area contributed by atoms with Crippen LogP contribution in [0.4, 0.5) is 0 Å². The predicted octanol–water partition coefficient (Wildman–Crippen LogP) is 1.34. The predicted molar refractivity (Wildman–Crippen MR) is 46.9 cm³/mol. The quantitative estimate of drug-likeness (QED) is 0.432. The summed E-state index contributed by atoms with van der Waals surface area (Å²) in [5.74, 6) is 0.200. The number of hydrogen-bond acceptors (Lipinski definition) is 4. The Hall–Kier alpha value is -1.84. The summed E-state index contributed by atoms with van der Waals surface area (Å²) in [6.45, 7) is 0. The Morgan fingerprint density at radius 2 is 2.38 bits per heavy atom. The number of aliphatic hydroxyl groups excluding tert-OH is 1. The summed E-state index contributed by atoms with van der Waals surface area (Å²) in [5.41, 5.74) is 0.379. The Morgan fingerprint density at radius 1 is 1.62 bits per heavy atom. The maximum absolute atomic E-state index is 11.2. The van der Waals surface area contributed by atoms with Crippen molar-refractivity contribution in [2.24, 2.45) is 0 Å². The average Bonchev–Trinajstić information content (AvgIpc) is 2.18. The van der Waals surface area contributed by atoms with Gasteiger partial charge in [-0.2, -0.15) is 0 Å². The van der Waals surface area contributed by atoms with Gasteiger partial charge in [-0.15, -0.1) is 0 Å². The van der Waals surface area contributed by atoms with Crippen molar-refractivity contribution in [3.63, 3.8) is 0 Å². The van der Waals surface area contributed by atoms with Crippen molar-refractivity contribution in [3.8, 4) is 5.75 Å². The molecular weight excluding hydrogens is 170 g/mol. The number of hydrogen-bond donors (Lipinski definition) is 1. The first-order chi connectivity index (χ1) is 6.27. The van der Waals surface area contributed by atoms with Crippen molar-refractivity contribution in [2.45, 2.75) is 0 Å². The maximum atomic E-state index is 11.2. The lowest BCUT2D eigenvalue weighted by Gasteiger charge is -1.99. The third-order valence-corrected chi connectivity index (χ3v) is 1.46. The van der Waals surface area contributed by atoms with Gasteiger partial charge in [0.15, 0.2) is 5.78 Å². The van der Waals surface area contributed by atoms with Crippen molar-refractivity contribution >= 4 is 5.78 Å². The molecule has 0 aliphatic carbocycles. The molecule has 4 nitrogen and oxygen atoms in total. The number of ether oxygens (including phenoxy) is 1. The molecule has 1 aromatic heterocycles. The third kappa shape index (κ3) is 2.30. The second-order valence-electron chi connectivity index (χ2n) is 2.29. The van der Waals surface area contributed by atoms with Gasteiger partial charge in [0.25, 0.3) is 0 Å². The van der Waals surface area contributed by atoms with E-state index in [0.717, 1.165) is 6.08 Å². The van der Waals surface area contributed by atoms with Gasteiger partial charge in [-0.1, -0.05) is 0 Å². The largest absolute Gasteiger partial charge is 0.515 e. The Labute approximate surface area is 75.5 Å². The highest BCUT2D eigenvalue weighted by Gasteiger charge is 2.03. The van der Waals surface area contributed by atoms with Crippen molar-refractivity contribution < 1.29 is 14.6 Å². The van der Waals surface area contributed by atoms with Gasteiger partial charge in [0, 0.05) is 17.8 Å². The van der Waals surface area contributed by atoms with Gasteiger partial charge < -0.3 is 9.84 Å². The lowest BCUT2D eigenvalue weighted by molar-refractivity contribution is 0.104. The highest BCUT2D eigenvalue weighted by molar-refractivity contribution is 6.04. The zero-order chi connectivity index (χ0) is 9.68. The van der Waals surface area contributed by atoms with Crippen LogP contribution >= 0.6 is 0 Å². The van der Waals surface area contributed by atoms with Crippen LogP contribution in [0.15, 0.2) is 30.8 Å². The van der Waals surface area contributed by atoms with Gasteiger partial charge in [0.1, 0.15) is 5.75 Å². The second-order valence-corrected chi connectivity index (χ2v) is 2.29. The van der Waals surface area contributed by atoms with E-state index >= 15 is 0 Å². The molecular formula is C9H9NO3. The summed E-state index contributed by atoms with van der Waals surface area (Å²) in [6, 6.07) is 1.55. The van der Waals surface area contributed by atoms with Gasteiger partial charge in [0.05, 0.1) is 19.6 Å². The van der Waals surface area contributed by atoms with Crippen LogP contribution in [0.2, 0.25) is 0 Å². The molecule has 4 heteroatoms. The lowest BCUT2D eigenvalue weighted by Crippen LogP contribution is -1.96. The molecule has 1 aromatic rings. The molecule has 0 aliphatic rings. The number of rotatable bonds is 3. The first-order valence-electron chi connectivity index (χ1n) is 3.62. The van der Waals surface area contributed by atoms with E-state index in [4.69, 9.17) is 9.84 Å². The summed E-state index contributed by atoms with van der Waals surface area (Å²) in [6.07, 6.45) is 4.66. The molecule has 13 heavy (non-hydrogen) atoms. The number of allylic oxidation sites excluding steroid dienone is 1. The Kier molecular flexibility index (Phi) is 3.03. The highest BCUT2D eigenvalue weighted by atomic mass is 16.5. The molecule has 1 heterocycles. The molecule has 0 aliphatic heterocycles. The van der Waals surface area contributed by atoms with Crippen LogP contribution in [0.5, 0.6) is 5.75 Å². The summed E-state index contributed by atoms with van der Waals surface area (Å²) >= 11 is 0. The molecule has 0 fully saturated rings. The molecule has 68 valence electrons. The van der Waals surface area contributed by atoms with E-state index in [-0.39, 0.29) is 5.78 Å². The molecule has 0 aromatic carbocycles. The van der Waals surface area contributed by atoms with E-state index in [1.165, 1.54) is 19.5 Å². The van der Waals surface area contributed by atoms with Crippen molar-refractivity contribution in [1.82, 2.24) is 4.98 Å². The van der Waals surface area contributed by atoms with E-state index in [0.29, 0.717) is 17.6 Å². The van der Waals surface area contributed by atoms with Crippen LogP contribution in [0.25, 0.3) is 0 Å². The van der Waals surface area contributed by atoms with Crippen LogP contribution in [0.3, 0.4) is 0 Å². The number of nitrogens with zero attached hydrogens (tertiary/aromatic N) is 1. The molecule has 0 bridgehead atoms. The fourth-order valence-electron chi connectivity index (χ4n) is 0.829. The van der Waals surface area contributed by atoms with Crippen molar-refractivity contribution in [2.75, 3.05) is 7.11 Å². The molecule has 0 atom stereocenters. The lowest BCUT2D eigenvalue weighted by atomic mass is 10.2. The minimum absolute atomic E-state index is 0.311. The van der Waals surface area contributed by atoms with Gasteiger partial charge in [-0.25, -0.2) is 0 Å². The van der Waals surface area contributed by atoms with Gasteiger partial charge in [0.2, 0.25) is 0 Å². The van der Waals surface area contributed by atoms with E-state index < -0.39 is 0 Å². The monoisotopic (exact) mass is 179 g/mol. The van der Waals surface area contributed by atoms with Gasteiger partial charge in [-0.05, 0) is 6.07 Å². The minimum Gasteiger partial charge on any atom is -0.515 e. The van der Waals surface area contributed by atoms with Crippen molar-refractivity contribution in [1.29, 1.82) is 0 Å². The second kappa shape index (κ2) is 4.25. The topological polar surface area (TPSA) is 59.4 Å². The van der Waals surface area contributed by atoms with Gasteiger partial charge in [-0.3, -0.25) is 9.78 Å². The molecule has 1 rings (SSSR count). The van der Waals surface area contributed by atoms with E-state index in [9.17, 15) is 4.79 Å². The molecule has 0 saturated heterocycles. The molecule has 0 spiro atoms. The Morgan fingerprint density at radius 3 is 3.00 bits per heavy atom. The van der Waals surface area contributed by atoms with Crippen LogP contribution in [0.1, 0.15) is 10.4 Å². The number of carbonyl (C=O) groups is 1. The van der Waals surface area contributed by atoms with E-state index in [2.05, 4.69) is 4.98 Å². The standard InChI is InChI=1S/C9H9NO3/c1-13-8-4-7(5-10-6-8)9(12)2-3-11/h2-6,11H,1H3. The number of ketones is 1. The van der Waals surface area contributed by atoms with Crippen molar-refractivity contribution in [3.05, 3.63) is 36.4 Å². The third-order valence-electron chi connectivity index (χ3n) is 1.46. The van der Waals surface area contributed by atoms with Crippen LogP contribution < -0.4 is 4.74 Å². The number of pyridine rings is 1.